The zero-order valence-corrected chi connectivity index (χ0v) is 11.5. The molecule has 1 aliphatic heterocycles. The second kappa shape index (κ2) is 6.81. The highest BCUT2D eigenvalue weighted by Crippen LogP contribution is 2.11. The van der Waals surface area contributed by atoms with Crippen LogP contribution in [0.3, 0.4) is 0 Å². The molecule has 2 atom stereocenters. The van der Waals surface area contributed by atoms with E-state index >= 15 is 0 Å². The van der Waals surface area contributed by atoms with Crippen molar-refractivity contribution >= 4 is 0 Å². The predicted molar refractivity (Wildman–Crippen MR) is 73.3 cm³/mol. The Bertz CT molecular complexity index is 335. The fourth-order valence-electron chi connectivity index (χ4n) is 2.49. The lowest BCUT2D eigenvalue weighted by atomic mass is 10.1. The molecule has 1 saturated heterocycles. The Labute approximate surface area is 110 Å². The Balaban J connectivity index is 1.70. The van der Waals surface area contributed by atoms with E-state index in [1.165, 1.54) is 32.5 Å². The standard InChI is InChI=1S/C14H24N4/c1-12(11-18-7-3-4-8-18)9-17-13(2)14-10-15-5-6-16-14/h5-6,10,12-13,17H,3-4,7-9,11H2,1-2H3. The van der Waals surface area contributed by atoms with Crippen LogP contribution in [0.5, 0.6) is 0 Å². The Morgan fingerprint density at radius 1 is 1.28 bits per heavy atom. The number of hydrogen-bond acceptors (Lipinski definition) is 4. The van der Waals surface area contributed by atoms with E-state index in [0.29, 0.717) is 5.92 Å². The predicted octanol–water partition coefficient (Wildman–Crippen LogP) is 1.86. The van der Waals surface area contributed by atoms with Crippen LogP contribution in [0.15, 0.2) is 18.6 Å². The van der Waals surface area contributed by atoms with E-state index in [1.807, 2.05) is 6.20 Å². The first-order chi connectivity index (χ1) is 8.75. The molecule has 2 unspecified atom stereocenters. The van der Waals surface area contributed by atoms with E-state index < -0.39 is 0 Å². The summed E-state index contributed by atoms with van der Waals surface area (Å²) >= 11 is 0. The lowest BCUT2D eigenvalue weighted by molar-refractivity contribution is 0.278. The minimum atomic E-state index is 0.278. The number of nitrogens with zero attached hydrogens (tertiary/aromatic N) is 3. The van der Waals surface area contributed by atoms with E-state index in [-0.39, 0.29) is 6.04 Å². The van der Waals surface area contributed by atoms with Gasteiger partial charge >= 0.3 is 0 Å². The highest BCUT2D eigenvalue weighted by molar-refractivity contribution is 5.00. The molecule has 1 aromatic heterocycles. The van der Waals surface area contributed by atoms with Gasteiger partial charge in [-0.2, -0.15) is 0 Å². The largest absolute Gasteiger partial charge is 0.308 e. The van der Waals surface area contributed by atoms with Gasteiger partial charge in [-0.25, -0.2) is 0 Å². The van der Waals surface area contributed by atoms with Crippen LogP contribution in [-0.4, -0.2) is 41.0 Å². The van der Waals surface area contributed by atoms with Crippen molar-refractivity contribution in [3.05, 3.63) is 24.3 Å². The number of likely N-dealkylation sites (tertiary alicyclic amines) is 1. The summed E-state index contributed by atoms with van der Waals surface area (Å²) < 4.78 is 0. The van der Waals surface area contributed by atoms with Gasteiger partial charge in [-0.1, -0.05) is 6.92 Å². The summed E-state index contributed by atoms with van der Waals surface area (Å²) in [4.78, 5) is 11.0. The average Bonchev–Trinajstić information content (AvgIpc) is 2.90. The van der Waals surface area contributed by atoms with E-state index in [0.717, 1.165) is 12.2 Å². The highest BCUT2D eigenvalue weighted by Gasteiger charge is 2.15. The summed E-state index contributed by atoms with van der Waals surface area (Å²) in [5, 5.41) is 3.54. The summed E-state index contributed by atoms with van der Waals surface area (Å²) in [6.07, 6.45) is 8.04. The van der Waals surface area contributed by atoms with Crippen molar-refractivity contribution in [2.45, 2.75) is 32.7 Å². The quantitative estimate of drug-likeness (QED) is 0.834. The van der Waals surface area contributed by atoms with E-state index in [1.54, 1.807) is 12.4 Å². The Morgan fingerprint density at radius 3 is 2.72 bits per heavy atom. The van der Waals surface area contributed by atoms with Crippen molar-refractivity contribution in [3.63, 3.8) is 0 Å². The molecular formula is C14H24N4. The normalized spacial score (nSPS) is 19.9. The molecule has 1 fully saturated rings. The van der Waals surface area contributed by atoms with Gasteiger partial charge in [0.15, 0.2) is 0 Å². The molecule has 4 heteroatoms. The second-order valence-corrected chi connectivity index (χ2v) is 5.37. The van der Waals surface area contributed by atoms with Gasteiger partial charge in [0.05, 0.1) is 5.69 Å². The first-order valence-electron chi connectivity index (χ1n) is 6.97. The van der Waals surface area contributed by atoms with Crippen molar-refractivity contribution in [2.24, 2.45) is 5.92 Å². The molecule has 1 N–H and O–H groups in total. The van der Waals surface area contributed by atoms with Gasteiger partial charge in [0.2, 0.25) is 0 Å². The smallest absolute Gasteiger partial charge is 0.0753 e. The number of nitrogens with one attached hydrogen (secondary N) is 1. The monoisotopic (exact) mass is 248 g/mol. The SMILES string of the molecule is CC(CNC(C)c1cnccn1)CN1CCCC1. The van der Waals surface area contributed by atoms with Crippen molar-refractivity contribution in [1.29, 1.82) is 0 Å². The molecule has 4 nitrogen and oxygen atoms in total. The fourth-order valence-corrected chi connectivity index (χ4v) is 2.49. The molecule has 0 aliphatic carbocycles. The Morgan fingerprint density at radius 2 is 2.06 bits per heavy atom. The third-order valence-electron chi connectivity index (χ3n) is 3.57. The molecule has 2 rings (SSSR count). The summed E-state index contributed by atoms with van der Waals surface area (Å²) in [5.41, 5.74) is 1.02. The van der Waals surface area contributed by atoms with Crippen molar-refractivity contribution in [2.75, 3.05) is 26.2 Å². The lowest BCUT2D eigenvalue weighted by Crippen LogP contribution is -2.32. The van der Waals surface area contributed by atoms with Gasteiger partial charge in [-0.15, -0.1) is 0 Å². The topological polar surface area (TPSA) is 41.1 Å². The van der Waals surface area contributed by atoms with Crippen molar-refractivity contribution in [1.82, 2.24) is 20.2 Å². The summed E-state index contributed by atoms with van der Waals surface area (Å²) in [6, 6.07) is 0.278. The molecule has 0 spiro atoms. The lowest BCUT2D eigenvalue weighted by Gasteiger charge is -2.22. The molecule has 0 amide bonds. The third kappa shape index (κ3) is 4.03. The maximum atomic E-state index is 4.32. The molecule has 0 radical (unpaired) electrons. The fraction of sp³-hybridized carbons (Fsp3) is 0.714. The van der Waals surface area contributed by atoms with Gasteiger partial charge in [0, 0.05) is 31.2 Å². The van der Waals surface area contributed by atoms with Crippen LogP contribution in [0.1, 0.15) is 38.4 Å². The first kappa shape index (κ1) is 13.4. The molecule has 0 saturated carbocycles. The minimum Gasteiger partial charge on any atom is -0.308 e. The van der Waals surface area contributed by atoms with Gasteiger partial charge in [-0.3, -0.25) is 9.97 Å². The molecule has 2 heterocycles. The van der Waals surface area contributed by atoms with Crippen LogP contribution in [0.25, 0.3) is 0 Å². The number of aromatic nitrogens is 2. The molecule has 100 valence electrons. The summed E-state index contributed by atoms with van der Waals surface area (Å²) in [6.45, 7) is 9.27. The van der Waals surface area contributed by atoms with Gasteiger partial charge in [-0.05, 0) is 45.3 Å². The molecule has 1 aromatic rings. The van der Waals surface area contributed by atoms with Crippen LogP contribution >= 0.6 is 0 Å². The van der Waals surface area contributed by atoms with E-state index in [2.05, 4.69) is 34.0 Å². The van der Waals surface area contributed by atoms with Gasteiger partial charge in [0.1, 0.15) is 0 Å². The average molecular weight is 248 g/mol. The van der Waals surface area contributed by atoms with Crippen LogP contribution < -0.4 is 5.32 Å². The van der Waals surface area contributed by atoms with Crippen molar-refractivity contribution < 1.29 is 0 Å². The maximum absolute atomic E-state index is 4.32. The maximum Gasteiger partial charge on any atom is 0.0753 e. The van der Waals surface area contributed by atoms with Crippen LogP contribution in [0.2, 0.25) is 0 Å². The summed E-state index contributed by atoms with van der Waals surface area (Å²) in [5.74, 6) is 0.683. The van der Waals surface area contributed by atoms with Gasteiger partial charge < -0.3 is 10.2 Å². The van der Waals surface area contributed by atoms with Crippen molar-refractivity contribution in [3.8, 4) is 0 Å². The number of rotatable bonds is 6. The van der Waals surface area contributed by atoms with Crippen LogP contribution in [0.4, 0.5) is 0 Å². The molecule has 0 bridgehead atoms. The Kier molecular flexibility index (Phi) is 5.08. The summed E-state index contributed by atoms with van der Waals surface area (Å²) in [7, 11) is 0. The van der Waals surface area contributed by atoms with E-state index in [4.69, 9.17) is 0 Å². The van der Waals surface area contributed by atoms with Crippen LogP contribution in [-0.2, 0) is 0 Å². The van der Waals surface area contributed by atoms with Crippen LogP contribution in [0, 0.1) is 5.92 Å². The molecule has 18 heavy (non-hydrogen) atoms. The molecule has 0 aromatic carbocycles. The van der Waals surface area contributed by atoms with Gasteiger partial charge in [0.25, 0.3) is 0 Å². The molecular weight excluding hydrogens is 224 g/mol. The minimum absolute atomic E-state index is 0.278. The molecule has 1 aliphatic rings. The third-order valence-corrected chi connectivity index (χ3v) is 3.57. The highest BCUT2D eigenvalue weighted by atomic mass is 15.1. The second-order valence-electron chi connectivity index (χ2n) is 5.37. The number of hydrogen-bond donors (Lipinski definition) is 1. The zero-order valence-electron chi connectivity index (χ0n) is 11.5. The Hall–Kier alpha value is -1.00. The zero-order chi connectivity index (χ0) is 12.8. The van der Waals surface area contributed by atoms with E-state index in [9.17, 15) is 0 Å². The first-order valence-corrected chi connectivity index (χ1v) is 6.97.